The highest BCUT2D eigenvalue weighted by atomic mass is 16.5. The molecule has 0 fully saturated rings. The minimum atomic E-state index is 0.798. The molecule has 0 spiro atoms. The third-order valence-corrected chi connectivity index (χ3v) is 12.7. The average Bonchev–Trinajstić information content (AvgIpc) is 3.94. The second-order valence-corrected chi connectivity index (χ2v) is 17.0. The molecule has 0 aliphatic rings. The van der Waals surface area contributed by atoms with Crippen LogP contribution in [0.3, 0.4) is 0 Å². The maximum absolute atomic E-state index is 5.36. The normalized spacial score (nSPS) is 10.6. The SMILES string of the molecule is COc1ccc(C#Cc2ccc3c(c2)c2cc(C#Cc4ccc(OC)cc4)ccc2n3-c2ccc(-n3c4ccc(C#Cc5ccc(OC)cc5)cc4c4cc(C#Cc5ccc(OC)cc5)ccc43)cc2)cc1. The van der Waals surface area contributed by atoms with Crippen LogP contribution < -0.4 is 18.9 Å². The van der Waals surface area contributed by atoms with E-state index in [0.29, 0.717) is 0 Å². The highest BCUT2D eigenvalue weighted by molar-refractivity contribution is 6.11. The molecule has 2 aromatic heterocycles. The van der Waals surface area contributed by atoms with Crippen LogP contribution in [0.4, 0.5) is 0 Å². The van der Waals surface area contributed by atoms with Crippen molar-refractivity contribution < 1.29 is 18.9 Å². The predicted octanol–water partition coefficient (Wildman–Crippen LogP) is 13.5. The fourth-order valence-electron chi connectivity index (χ4n) is 8.94. The van der Waals surface area contributed by atoms with Gasteiger partial charge in [0.25, 0.3) is 0 Å². The van der Waals surface area contributed by atoms with Gasteiger partial charge in [0, 0.05) is 77.4 Å². The molecule has 11 rings (SSSR count). The summed E-state index contributed by atoms with van der Waals surface area (Å²) >= 11 is 0. The zero-order valence-electron chi connectivity index (χ0n) is 40.0. The van der Waals surface area contributed by atoms with Gasteiger partial charge in [0.15, 0.2) is 0 Å². The van der Waals surface area contributed by atoms with Gasteiger partial charge < -0.3 is 28.1 Å². The molecule has 72 heavy (non-hydrogen) atoms. The van der Waals surface area contributed by atoms with Gasteiger partial charge in [-0.2, -0.15) is 0 Å². The molecule has 0 bridgehead atoms. The Labute approximate surface area is 418 Å². The van der Waals surface area contributed by atoms with Crippen LogP contribution in [-0.4, -0.2) is 37.6 Å². The fraction of sp³-hybridized carbons (Fsp3) is 0.0606. The third-order valence-electron chi connectivity index (χ3n) is 12.7. The monoisotopic (exact) mass is 928 g/mol. The summed E-state index contributed by atoms with van der Waals surface area (Å²) in [5.74, 6) is 30.2. The summed E-state index contributed by atoms with van der Waals surface area (Å²) in [4.78, 5) is 0. The van der Waals surface area contributed by atoms with Gasteiger partial charge in [-0.3, -0.25) is 0 Å². The lowest BCUT2D eigenvalue weighted by atomic mass is 10.1. The van der Waals surface area contributed by atoms with E-state index < -0.39 is 0 Å². The summed E-state index contributed by atoms with van der Waals surface area (Å²) < 4.78 is 26.1. The van der Waals surface area contributed by atoms with E-state index in [-0.39, 0.29) is 0 Å². The summed E-state index contributed by atoms with van der Waals surface area (Å²) in [6.07, 6.45) is 0. The van der Waals surface area contributed by atoms with Gasteiger partial charge >= 0.3 is 0 Å². The molecule has 0 N–H and O–H groups in total. The van der Waals surface area contributed by atoms with Gasteiger partial charge in [-0.05, 0) is 194 Å². The third kappa shape index (κ3) is 9.05. The van der Waals surface area contributed by atoms with E-state index in [2.05, 4.69) is 154 Å². The molecule has 0 saturated heterocycles. The number of ether oxygens (including phenoxy) is 4. The van der Waals surface area contributed by atoms with Gasteiger partial charge in [-0.25, -0.2) is 0 Å². The highest BCUT2D eigenvalue weighted by Crippen LogP contribution is 2.36. The van der Waals surface area contributed by atoms with E-state index in [1.807, 2.05) is 97.1 Å². The van der Waals surface area contributed by atoms with E-state index >= 15 is 0 Å². The summed E-state index contributed by atoms with van der Waals surface area (Å²) in [7, 11) is 6.66. The van der Waals surface area contributed by atoms with Crippen molar-refractivity contribution in [2.45, 2.75) is 0 Å². The lowest BCUT2D eigenvalue weighted by molar-refractivity contribution is 0.414. The average molecular weight is 929 g/mol. The largest absolute Gasteiger partial charge is 0.497 e. The topological polar surface area (TPSA) is 46.8 Å². The van der Waals surface area contributed by atoms with Gasteiger partial charge in [0.05, 0.1) is 50.5 Å². The maximum atomic E-state index is 5.36. The van der Waals surface area contributed by atoms with Crippen LogP contribution in [0.15, 0.2) is 194 Å². The number of rotatable bonds is 6. The van der Waals surface area contributed by atoms with Crippen LogP contribution in [0.25, 0.3) is 55.0 Å². The molecule has 6 heteroatoms. The number of hydrogen-bond donors (Lipinski definition) is 0. The first kappa shape index (κ1) is 44.5. The molecule has 11 aromatic rings. The molecule has 0 radical (unpaired) electrons. The number of methoxy groups -OCH3 is 4. The Morgan fingerprint density at radius 3 is 0.639 bits per heavy atom. The van der Waals surface area contributed by atoms with Crippen LogP contribution in [0, 0.1) is 47.4 Å². The van der Waals surface area contributed by atoms with Crippen molar-refractivity contribution >= 4 is 43.6 Å². The highest BCUT2D eigenvalue weighted by Gasteiger charge is 2.17. The Balaban J connectivity index is 1.01. The Morgan fingerprint density at radius 1 is 0.236 bits per heavy atom. The van der Waals surface area contributed by atoms with E-state index in [9.17, 15) is 0 Å². The zero-order chi connectivity index (χ0) is 49.0. The van der Waals surface area contributed by atoms with Crippen LogP contribution in [-0.2, 0) is 0 Å². The molecule has 0 saturated carbocycles. The summed E-state index contributed by atoms with van der Waals surface area (Å²) in [6, 6.07) is 65.8. The van der Waals surface area contributed by atoms with Crippen LogP contribution in [0.2, 0.25) is 0 Å². The Kier molecular flexibility index (Phi) is 12.1. The molecule has 0 aliphatic heterocycles. The van der Waals surface area contributed by atoms with Gasteiger partial charge in [-0.1, -0.05) is 47.4 Å². The number of benzene rings is 9. The standard InChI is InChI=1S/C66H44N2O4/c1-69-55-29-13-45(14-30-55)5-9-49-21-37-63-59(41-49)60-42-50(10-6-46-15-31-56(70-2)32-16-46)22-38-64(60)67(63)53-25-27-54(28-26-53)68-65-39-23-51(11-7-47-17-33-57(71-3)34-18-47)43-61(65)62-44-52(24-40-66(62)68)12-8-48-19-35-58(72-4)36-20-48/h13-44H,1-4H3. The summed E-state index contributed by atoms with van der Waals surface area (Å²) in [5, 5.41) is 4.34. The molecule has 0 aliphatic carbocycles. The second kappa shape index (κ2) is 19.6. The zero-order valence-corrected chi connectivity index (χ0v) is 40.0. The van der Waals surface area contributed by atoms with Crippen LogP contribution in [0.1, 0.15) is 44.5 Å². The Hall–Kier alpha value is -9.98. The Bertz CT molecular complexity index is 3600. The number of aromatic nitrogens is 2. The smallest absolute Gasteiger partial charge is 0.118 e. The molecule has 0 unspecified atom stereocenters. The molecule has 2 heterocycles. The fourth-order valence-corrected chi connectivity index (χ4v) is 8.94. The minimum Gasteiger partial charge on any atom is -0.497 e. The molecular weight excluding hydrogens is 885 g/mol. The van der Waals surface area contributed by atoms with E-state index in [0.717, 1.165) is 122 Å². The van der Waals surface area contributed by atoms with Crippen molar-refractivity contribution in [1.29, 1.82) is 0 Å². The number of nitrogens with zero attached hydrogens (tertiary/aromatic N) is 2. The van der Waals surface area contributed by atoms with Crippen molar-refractivity contribution in [3.05, 3.63) is 239 Å². The lowest BCUT2D eigenvalue weighted by Gasteiger charge is -2.12. The van der Waals surface area contributed by atoms with Gasteiger partial charge in [-0.15, -0.1) is 0 Å². The van der Waals surface area contributed by atoms with Crippen LogP contribution >= 0.6 is 0 Å². The molecule has 0 atom stereocenters. The van der Waals surface area contributed by atoms with Crippen molar-refractivity contribution in [1.82, 2.24) is 9.13 Å². The van der Waals surface area contributed by atoms with Crippen molar-refractivity contribution in [3.8, 4) is 81.7 Å². The van der Waals surface area contributed by atoms with Gasteiger partial charge in [0.1, 0.15) is 23.0 Å². The molecule has 9 aromatic carbocycles. The lowest BCUT2D eigenvalue weighted by Crippen LogP contribution is -1.97. The number of hydrogen-bond acceptors (Lipinski definition) is 4. The summed E-state index contributed by atoms with van der Waals surface area (Å²) in [5.41, 5.74) is 13.6. The number of fused-ring (bicyclic) bond motifs is 6. The first-order valence-corrected chi connectivity index (χ1v) is 23.4. The quantitative estimate of drug-likeness (QED) is 0.156. The van der Waals surface area contributed by atoms with Crippen molar-refractivity contribution in [3.63, 3.8) is 0 Å². The first-order valence-electron chi connectivity index (χ1n) is 23.4. The summed E-state index contributed by atoms with van der Waals surface area (Å²) in [6.45, 7) is 0. The van der Waals surface area contributed by atoms with Crippen LogP contribution in [0.5, 0.6) is 23.0 Å². The molecule has 0 amide bonds. The van der Waals surface area contributed by atoms with E-state index in [4.69, 9.17) is 18.9 Å². The molecular formula is C66H44N2O4. The van der Waals surface area contributed by atoms with Crippen molar-refractivity contribution in [2.75, 3.05) is 28.4 Å². The second-order valence-electron chi connectivity index (χ2n) is 17.0. The first-order chi connectivity index (χ1) is 35.4. The van der Waals surface area contributed by atoms with Gasteiger partial charge in [0.2, 0.25) is 0 Å². The minimum absolute atomic E-state index is 0.798. The Morgan fingerprint density at radius 2 is 0.431 bits per heavy atom. The van der Waals surface area contributed by atoms with Crippen molar-refractivity contribution in [2.24, 2.45) is 0 Å². The van der Waals surface area contributed by atoms with E-state index in [1.54, 1.807) is 28.4 Å². The van der Waals surface area contributed by atoms with E-state index in [1.165, 1.54) is 0 Å². The molecule has 6 nitrogen and oxygen atoms in total. The predicted molar refractivity (Wildman–Crippen MR) is 291 cm³/mol. The molecule has 342 valence electrons. The maximum Gasteiger partial charge on any atom is 0.118 e.